The van der Waals surface area contributed by atoms with Gasteiger partial charge in [-0.3, -0.25) is 9.78 Å². The van der Waals surface area contributed by atoms with E-state index in [0.29, 0.717) is 12.2 Å². The van der Waals surface area contributed by atoms with Crippen LogP contribution in [0.3, 0.4) is 0 Å². The van der Waals surface area contributed by atoms with Gasteiger partial charge in [-0.05, 0) is 31.9 Å². The number of likely N-dealkylation sites (tertiary alicyclic amines) is 1. The van der Waals surface area contributed by atoms with Gasteiger partial charge in [-0.1, -0.05) is 6.07 Å². The number of aryl methyl sites for hydroxylation is 1. The van der Waals surface area contributed by atoms with Gasteiger partial charge in [0.1, 0.15) is 11.5 Å². The molecule has 1 atom stereocenters. The fourth-order valence-corrected chi connectivity index (χ4v) is 3.60. The van der Waals surface area contributed by atoms with Gasteiger partial charge in [-0.25, -0.2) is 15.0 Å². The summed E-state index contributed by atoms with van der Waals surface area (Å²) in [5.74, 6) is 0.631. The predicted octanol–water partition coefficient (Wildman–Crippen LogP) is 3.36. The molecule has 0 aliphatic carbocycles. The second-order valence-corrected chi connectivity index (χ2v) is 7.00. The summed E-state index contributed by atoms with van der Waals surface area (Å²) in [6.07, 6.45) is 6.74. The summed E-state index contributed by atoms with van der Waals surface area (Å²) in [6, 6.07) is 5.76. The molecule has 26 heavy (non-hydrogen) atoms. The predicted molar refractivity (Wildman–Crippen MR) is 99.4 cm³/mol. The van der Waals surface area contributed by atoms with Crippen molar-refractivity contribution in [1.29, 1.82) is 0 Å². The molecule has 0 saturated carbocycles. The molecule has 3 aromatic heterocycles. The monoisotopic (exact) mass is 366 g/mol. The lowest BCUT2D eigenvalue weighted by molar-refractivity contribution is 0.0726. The summed E-state index contributed by atoms with van der Waals surface area (Å²) in [7, 11) is 0. The third-order valence-corrected chi connectivity index (χ3v) is 4.98. The maximum atomic E-state index is 12.9. The molecule has 1 N–H and O–H groups in total. The number of hydrogen-bond acceptors (Lipinski definition) is 7. The van der Waals surface area contributed by atoms with Crippen LogP contribution < -0.4 is 5.32 Å². The number of nitrogens with zero attached hydrogens (tertiary/aromatic N) is 5. The van der Waals surface area contributed by atoms with Crippen molar-refractivity contribution in [2.24, 2.45) is 0 Å². The fourth-order valence-electron chi connectivity index (χ4n) is 3.07. The molecule has 1 fully saturated rings. The Balaban J connectivity index is 1.56. The number of aromatic nitrogens is 4. The van der Waals surface area contributed by atoms with Crippen LogP contribution in [0.15, 0.2) is 42.2 Å². The normalized spacial score (nSPS) is 16.7. The zero-order chi connectivity index (χ0) is 17.9. The van der Waals surface area contributed by atoms with Crippen molar-refractivity contribution in [2.45, 2.75) is 25.8 Å². The summed E-state index contributed by atoms with van der Waals surface area (Å²) in [5.41, 5.74) is 2.04. The van der Waals surface area contributed by atoms with Crippen molar-refractivity contribution in [1.82, 2.24) is 24.8 Å². The van der Waals surface area contributed by atoms with Crippen LogP contribution in [0.4, 0.5) is 10.9 Å². The first-order chi connectivity index (χ1) is 12.7. The highest BCUT2D eigenvalue weighted by molar-refractivity contribution is 7.13. The highest BCUT2D eigenvalue weighted by Gasteiger charge is 2.32. The Kier molecular flexibility index (Phi) is 4.57. The average molecular weight is 366 g/mol. The molecule has 4 rings (SSSR count). The Hall–Kier alpha value is -2.87. The molecule has 1 aliphatic heterocycles. The molecule has 0 bridgehead atoms. The molecule has 0 spiro atoms. The Morgan fingerprint density at radius 3 is 2.96 bits per heavy atom. The average Bonchev–Trinajstić information content (AvgIpc) is 3.34. The largest absolute Gasteiger partial charge is 0.329 e. The molecule has 1 amide bonds. The molecule has 4 heterocycles. The van der Waals surface area contributed by atoms with Crippen molar-refractivity contribution >= 4 is 28.2 Å². The number of rotatable bonds is 4. The lowest BCUT2D eigenvalue weighted by Gasteiger charge is -2.24. The fraction of sp³-hybridized carbons (Fsp3) is 0.278. The topological polar surface area (TPSA) is 83.9 Å². The van der Waals surface area contributed by atoms with Gasteiger partial charge < -0.3 is 10.2 Å². The van der Waals surface area contributed by atoms with Crippen molar-refractivity contribution < 1.29 is 4.79 Å². The van der Waals surface area contributed by atoms with Gasteiger partial charge in [0, 0.05) is 24.3 Å². The Bertz CT molecular complexity index is 896. The van der Waals surface area contributed by atoms with Gasteiger partial charge in [0.15, 0.2) is 5.13 Å². The van der Waals surface area contributed by atoms with E-state index >= 15 is 0 Å². The summed E-state index contributed by atoms with van der Waals surface area (Å²) in [4.78, 5) is 32.0. The molecule has 1 saturated heterocycles. The summed E-state index contributed by atoms with van der Waals surface area (Å²) in [6.45, 7) is 2.55. The lowest BCUT2D eigenvalue weighted by atomic mass is 10.1. The van der Waals surface area contributed by atoms with Crippen molar-refractivity contribution in [3.8, 4) is 0 Å². The summed E-state index contributed by atoms with van der Waals surface area (Å²) < 4.78 is 0. The van der Waals surface area contributed by atoms with E-state index in [1.54, 1.807) is 18.6 Å². The zero-order valence-electron chi connectivity index (χ0n) is 14.3. The van der Waals surface area contributed by atoms with Crippen LogP contribution >= 0.6 is 11.3 Å². The first-order valence-electron chi connectivity index (χ1n) is 8.44. The Morgan fingerprint density at radius 1 is 1.27 bits per heavy atom. The lowest BCUT2D eigenvalue weighted by Crippen LogP contribution is -2.31. The van der Waals surface area contributed by atoms with Crippen molar-refractivity contribution in [3.05, 3.63) is 59.3 Å². The highest BCUT2D eigenvalue weighted by atomic mass is 32.1. The smallest absolute Gasteiger partial charge is 0.274 e. The van der Waals surface area contributed by atoms with Crippen LogP contribution in [0.5, 0.6) is 0 Å². The van der Waals surface area contributed by atoms with E-state index < -0.39 is 0 Å². The second kappa shape index (κ2) is 7.17. The van der Waals surface area contributed by atoms with Crippen LogP contribution in [0, 0.1) is 6.92 Å². The molecular weight excluding hydrogens is 348 g/mol. The number of carbonyl (C=O) groups excluding carboxylic acids is 1. The minimum absolute atomic E-state index is 0.0522. The number of anilines is 2. The Morgan fingerprint density at radius 2 is 2.19 bits per heavy atom. The van der Waals surface area contributed by atoms with E-state index in [9.17, 15) is 4.79 Å². The molecule has 132 valence electrons. The van der Waals surface area contributed by atoms with Crippen LogP contribution in [0.25, 0.3) is 0 Å². The number of carbonyl (C=O) groups is 1. The molecule has 1 aliphatic rings. The first kappa shape index (κ1) is 16.6. The maximum absolute atomic E-state index is 12.9. The van der Waals surface area contributed by atoms with E-state index in [2.05, 4.69) is 20.3 Å². The molecule has 0 aromatic carbocycles. The van der Waals surface area contributed by atoms with E-state index in [4.69, 9.17) is 4.98 Å². The van der Waals surface area contributed by atoms with E-state index in [-0.39, 0.29) is 11.9 Å². The minimum atomic E-state index is -0.0971. The minimum Gasteiger partial charge on any atom is -0.329 e. The molecule has 3 aromatic rings. The quantitative estimate of drug-likeness (QED) is 0.762. The number of amides is 1. The zero-order valence-corrected chi connectivity index (χ0v) is 15.1. The number of thiazole rings is 1. The van der Waals surface area contributed by atoms with Crippen LogP contribution in [-0.2, 0) is 0 Å². The Labute approximate surface area is 155 Å². The molecule has 7 nitrogen and oxygen atoms in total. The molecule has 1 unspecified atom stereocenters. The third-order valence-electron chi connectivity index (χ3n) is 4.29. The van der Waals surface area contributed by atoms with Crippen LogP contribution in [0.1, 0.15) is 40.8 Å². The SMILES string of the molecule is Cc1cnc(C(=O)N2CCCC2c2cccc(Nc3nccs3)n2)cn1. The van der Waals surface area contributed by atoms with Gasteiger partial charge in [0.2, 0.25) is 0 Å². The van der Waals surface area contributed by atoms with Gasteiger partial charge >= 0.3 is 0 Å². The van der Waals surface area contributed by atoms with E-state index in [1.165, 1.54) is 11.3 Å². The van der Waals surface area contributed by atoms with Crippen LogP contribution in [0.2, 0.25) is 0 Å². The maximum Gasteiger partial charge on any atom is 0.274 e. The van der Waals surface area contributed by atoms with Gasteiger partial charge in [-0.2, -0.15) is 0 Å². The summed E-state index contributed by atoms with van der Waals surface area (Å²) in [5, 5.41) is 5.90. The van der Waals surface area contributed by atoms with E-state index in [0.717, 1.165) is 35.2 Å². The number of nitrogens with one attached hydrogen (secondary N) is 1. The van der Waals surface area contributed by atoms with Crippen LogP contribution in [-0.4, -0.2) is 37.3 Å². The first-order valence-corrected chi connectivity index (χ1v) is 9.32. The third kappa shape index (κ3) is 3.41. The van der Waals surface area contributed by atoms with Gasteiger partial charge in [-0.15, -0.1) is 11.3 Å². The van der Waals surface area contributed by atoms with Gasteiger partial charge in [0.05, 0.1) is 23.6 Å². The van der Waals surface area contributed by atoms with Crippen molar-refractivity contribution in [2.75, 3.05) is 11.9 Å². The standard InChI is InChI=1S/C18H18N6OS/c1-12-10-21-14(11-20-12)17(25)24-8-3-5-15(24)13-4-2-6-16(22-13)23-18-19-7-9-26-18/h2,4,6-7,9-11,15H,3,5,8H2,1H3,(H,19,22,23). The van der Waals surface area contributed by atoms with Gasteiger partial charge in [0.25, 0.3) is 5.91 Å². The summed E-state index contributed by atoms with van der Waals surface area (Å²) >= 11 is 1.52. The number of pyridine rings is 1. The highest BCUT2D eigenvalue weighted by Crippen LogP contribution is 2.32. The molecular formula is C18H18N6OS. The second-order valence-electron chi connectivity index (χ2n) is 6.11. The number of hydrogen-bond donors (Lipinski definition) is 1. The van der Waals surface area contributed by atoms with Crippen molar-refractivity contribution in [3.63, 3.8) is 0 Å². The van der Waals surface area contributed by atoms with E-state index in [1.807, 2.05) is 35.4 Å². The molecule has 0 radical (unpaired) electrons. The molecule has 8 heteroatoms.